The number of nitrogens with one attached hydrogen (secondary N) is 2. The highest BCUT2D eigenvalue weighted by Gasteiger charge is 2.21. The number of methoxy groups -OCH3 is 1. The molecule has 1 fully saturated rings. The van der Waals surface area contributed by atoms with Gasteiger partial charge in [0.15, 0.2) is 11.6 Å². The van der Waals surface area contributed by atoms with Crippen LogP contribution in [0.25, 0.3) is 0 Å². The van der Waals surface area contributed by atoms with Gasteiger partial charge >= 0.3 is 0 Å². The zero-order valence-electron chi connectivity index (χ0n) is 11.9. The van der Waals surface area contributed by atoms with Crippen LogP contribution >= 0.6 is 0 Å². The van der Waals surface area contributed by atoms with Crippen LogP contribution in [-0.2, 0) is 4.79 Å². The maximum atomic E-state index is 13.5. The van der Waals surface area contributed by atoms with Gasteiger partial charge in [0.25, 0.3) is 5.91 Å². The lowest BCUT2D eigenvalue weighted by molar-refractivity contribution is -0.126. The average Bonchev–Trinajstić information content (AvgIpc) is 2.53. The molecule has 0 unspecified atom stereocenters. The van der Waals surface area contributed by atoms with Crippen molar-refractivity contribution in [3.8, 4) is 5.75 Å². The number of rotatable bonds is 3. The summed E-state index contributed by atoms with van der Waals surface area (Å²) in [5.74, 6) is -1.34. The number of halogens is 1. The average molecular weight is 294 g/mol. The van der Waals surface area contributed by atoms with Gasteiger partial charge in [-0.1, -0.05) is 19.3 Å². The lowest BCUT2D eigenvalue weighted by Crippen LogP contribution is -2.45. The van der Waals surface area contributed by atoms with Crippen molar-refractivity contribution in [3.05, 3.63) is 29.6 Å². The SMILES string of the molecule is COc1ccc(C(=O)NNC(=O)C2CCCCC2)cc1F. The van der Waals surface area contributed by atoms with Gasteiger partial charge in [-0.25, -0.2) is 4.39 Å². The van der Waals surface area contributed by atoms with Crippen molar-refractivity contribution < 1.29 is 18.7 Å². The zero-order chi connectivity index (χ0) is 15.2. The van der Waals surface area contributed by atoms with E-state index in [9.17, 15) is 14.0 Å². The van der Waals surface area contributed by atoms with E-state index in [-0.39, 0.29) is 23.1 Å². The quantitative estimate of drug-likeness (QED) is 0.840. The summed E-state index contributed by atoms with van der Waals surface area (Å²) in [5, 5.41) is 0. The smallest absolute Gasteiger partial charge is 0.269 e. The Morgan fingerprint density at radius 3 is 2.52 bits per heavy atom. The normalized spacial score (nSPS) is 15.3. The van der Waals surface area contributed by atoms with Crippen molar-refractivity contribution in [2.75, 3.05) is 7.11 Å². The fourth-order valence-electron chi connectivity index (χ4n) is 2.46. The van der Waals surface area contributed by atoms with Crippen molar-refractivity contribution in [3.63, 3.8) is 0 Å². The Bertz CT molecular complexity index is 528. The number of benzene rings is 1. The van der Waals surface area contributed by atoms with Gasteiger partial charge in [0, 0.05) is 11.5 Å². The molecule has 2 amide bonds. The monoisotopic (exact) mass is 294 g/mol. The van der Waals surface area contributed by atoms with Gasteiger partial charge in [-0.15, -0.1) is 0 Å². The molecule has 0 radical (unpaired) electrons. The Hall–Kier alpha value is -2.11. The van der Waals surface area contributed by atoms with E-state index in [0.29, 0.717) is 0 Å². The fourth-order valence-corrected chi connectivity index (χ4v) is 2.46. The van der Waals surface area contributed by atoms with Gasteiger partial charge in [0.05, 0.1) is 7.11 Å². The first-order chi connectivity index (χ1) is 10.1. The van der Waals surface area contributed by atoms with Crippen molar-refractivity contribution >= 4 is 11.8 Å². The lowest BCUT2D eigenvalue weighted by Gasteiger charge is -2.20. The molecule has 1 aromatic carbocycles. The summed E-state index contributed by atoms with van der Waals surface area (Å²) in [6.07, 6.45) is 4.92. The first-order valence-corrected chi connectivity index (χ1v) is 7.05. The maximum Gasteiger partial charge on any atom is 0.269 e. The van der Waals surface area contributed by atoms with Crippen LogP contribution in [0.15, 0.2) is 18.2 Å². The van der Waals surface area contributed by atoms with Gasteiger partial charge in [-0.3, -0.25) is 20.4 Å². The molecule has 6 heteroatoms. The number of ether oxygens (including phenoxy) is 1. The maximum absolute atomic E-state index is 13.5. The minimum absolute atomic E-state index is 0.0494. The van der Waals surface area contributed by atoms with E-state index >= 15 is 0 Å². The third kappa shape index (κ3) is 3.93. The van der Waals surface area contributed by atoms with Crippen LogP contribution in [0.5, 0.6) is 5.75 Å². The van der Waals surface area contributed by atoms with Crippen molar-refractivity contribution in [2.24, 2.45) is 5.92 Å². The first-order valence-electron chi connectivity index (χ1n) is 7.05. The highest BCUT2D eigenvalue weighted by molar-refractivity contribution is 5.95. The van der Waals surface area contributed by atoms with E-state index in [0.717, 1.165) is 38.2 Å². The Kier molecular flexibility index (Phi) is 5.14. The molecule has 2 N–H and O–H groups in total. The molecule has 0 atom stereocenters. The van der Waals surface area contributed by atoms with E-state index in [1.165, 1.54) is 19.2 Å². The molecular weight excluding hydrogens is 275 g/mol. The summed E-state index contributed by atoms with van der Waals surface area (Å²) in [4.78, 5) is 23.7. The Balaban J connectivity index is 1.89. The molecule has 114 valence electrons. The molecule has 0 aliphatic heterocycles. The number of amides is 2. The Labute approximate surface area is 122 Å². The van der Waals surface area contributed by atoms with Crippen LogP contribution in [0.1, 0.15) is 42.5 Å². The third-order valence-corrected chi connectivity index (χ3v) is 3.69. The number of hydrazine groups is 1. The highest BCUT2D eigenvalue weighted by Crippen LogP contribution is 2.23. The third-order valence-electron chi connectivity index (χ3n) is 3.69. The molecule has 5 nitrogen and oxygen atoms in total. The van der Waals surface area contributed by atoms with E-state index in [4.69, 9.17) is 4.74 Å². The molecule has 0 saturated heterocycles. The van der Waals surface area contributed by atoms with Crippen LogP contribution in [0.3, 0.4) is 0 Å². The van der Waals surface area contributed by atoms with Gasteiger partial charge in [0.2, 0.25) is 5.91 Å². The number of carbonyl (C=O) groups excluding carboxylic acids is 2. The molecule has 0 aromatic heterocycles. The molecular formula is C15H19FN2O3. The van der Waals surface area contributed by atoms with Crippen molar-refractivity contribution in [2.45, 2.75) is 32.1 Å². The molecule has 0 bridgehead atoms. The predicted octanol–water partition coefficient (Wildman–Crippen LogP) is 2.18. The second-order valence-corrected chi connectivity index (χ2v) is 5.13. The van der Waals surface area contributed by atoms with E-state index < -0.39 is 11.7 Å². The molecule has 1 aliphatic rings. The minimum Gasteiger partial charge on any atom is -0.494 e. The van der Waals surface area contributed by atoms with Crippen LogP contribution < -0.4 is 15.6 Å². The van der Waals surface area contributed by atoms with E-state index in [2.05, 4.69) is 10.9 Å². The zero-order valence-corrected chi connectivity index (χ0v) is 11.9. The molecule has 0 spiro atoms. The van der Waals surface area contributed by atoms with Crippen molar-refractivity contribution in [1.82, 2.24) is 10.9 Å². The highest BCUT2D eigenvalue weighted by atomic mass is 19.1. The summed E-state index contributed by atoms with van der Waals surface area (Å²) < 4.78 is 18.3. The fraction of sp³-hybridized carbons (Fsp3) is 0.467. The predicted molar refractivity (Wildman–Crippen MR) is 75.1 cm³/mol. The standard InChI is InChI=1S/C15H19FN2O3/c1-21-13-8-7-11(9-12(13)16)15(20)18-17-14(19)10-5-3-2-4-6-10/h7-10H,2-6H2,1H3,(H,17,19)(H,18,20). The molecule has 0 heterocycles. The second kappa shape index (κ2) is 7.06. The number of carbonyl (C=O) groups is 2. The van der Waals surface area contributed by atoms with Crippen LogP contribution in [-0.4, -0.2) is 18.9 Å². The summed E-state index contributed by atoms with van der Waals surface area (Å²) >= 11 is 0. The molecule has 2 rings (SSSR count). The molecule has 1 aromatic rings. The van der Waals surface area contributed by atoms with Gasteiger partial charge < -0.3 is 4.74 Å². The second-order valence-electron chi connectivity index (χ2n) is 5.13. The topological polar surface area (TPSA) is 67.4 Å². The Morgan fingerprint density at radius 1 is 1.19 bits per heavy atom. The summed E-state index contributed by atoms with van der Waals surface area (Å²) in [5.41, 5.74) is 4.84. The molecule has 1 saturated carbocycles. The van der Waals surface area contributed by atoms with Crippen LogP contribution in [0.2, 0.25) is 0 Å². The van der Waals surface area contributed by atoms with Gasteiger partial charge in [0.1, 0.15) is 0 Å². The van der Waals surface area contributed by atoms with Crippen LogP contribution in [0.4, 0.5) is 4.39 Å². The summed E-state index contributed by atoms with van der Waals surface area (Å²) in [6, 6.07) is 3.87. The number of hydrogen-bond acceptors (Lipinski definition) is 3. The first kappa shape index (κ1) is 15.3. The van der Waals surface area contributed by atoms with E-state index in [1.807, 2.05) is 0 Å². The molecule has 1 aliphatic carbocycles. The van der Waals surface area contributed by atoms with Crippen LogP contribution in [0, 0.1) is 11.7 Å². The Morgan fingerprint density at radius 2 is 1.90 bits per heavy atom. The summed E-state index contributed by atoms with van der Waals surface area (Å²) in [7, 11) is 1.35. The van der Waals surface area contributed by atoms with Crippen molar-refractivity contribution in [1.29, 1.82) is 0 Å². The summed E-state index contributed by atoms with van der Waals surface area (Å²) in [6.45, 7) is 0. The van der Waals surface area contributed by atoms with Gasteiger partial charge in [-0.2, -0.15) is 0 Å². The van der Waals surface area contributed by atoms with E-state index in [1.54, 1.807) is 0 Å². The van der Waals surface area contributed by atoms with Gasteiger partial charge in [-0.05, 0) is 31.0 Å². The minimum atomic E-state index is -0.622. The number of hydrogen-bond donors (Lipinski definition) is 2. The largest absolute Gasteiger partial charge is 0.494 e. The lowest BCUT2D eigenvalue weighted by atomic mass is 9.89. The molecule has 21 heavy (non-hydrogen) atoms.